The zero-order valence-corrected chi connectivity index (χ0v) is 13.4. The summed E-state index contributed by atoms with van der Waals surface area (Å²) in [6, 6.07) is 3.36. The van der Waals surface area contributed by atoms with Crippen LogP contribution in [0.15, 0.2) is 12.1 Å². The van der Waals surface area contributed by atoms with Gasteiger partial charge >= 0.3 is 0 Å². The monoisotopic (exact) mass is 306 g/mol. The fraction of sp³-hybridized carbons (Fsp3) is 0.500. The van der Waals surface area contributed by atoms with Crippen LogP contribution in [0.25, 0.3) is 0 Å². The molecule has 1 fully saturated rings. The van der Waals surface area contributed by atoms with Gasteiger partial charge in [-0.1, -0.05) is 0 Å². The Kier molecular flexibility index (Phi) is 4.90. The largest absolute Gasteiger partial charge is 0.496 e. The molecule has 120 valence electrons. The maximum Gasteiger partial charge on any atom is 0.251 e. The van der Waals surface area contributed by atoms with E-state index in [9.17, 15) is 9.59 Å². The van der Waals surface area contributed by atoms with Crippen molar-refractivity contribution in [3.05, 3.63) is 23.3 Å². The number of carbonyl (C=O) groups is 2. The van der Waals surface area contributed by atoms with Gasteiger partial charge in [-0.2, -0.15) is 0 Å². The van der Waals surface area contributed by atoms with Crippen molar-refractivity contribution in [2.75, 3.05) is 27.8 Å². The van der Waals surface area contributed by atoms with Gasteiger partial charge in [-0.25, -0.2) is 0 Å². The Labute approximate surface area is 130 Å². The topological polar surface area (TPSA) is 67.9 Å². The number of hydrogen-bond donors (Lipinski definition) is 1. The number of amides is 2. The highest BCUT2D eigenvalue weighted by Gasteiger charge is 2.25. The van der Waals surface area contributed by atoms with E-state index in [1.54, 1.807) is 38.3 Å². The molecular weight excluding hydrogens is 284 g/mol. The molecule has 1 aromatic rings. The van der Waals surface area contributed by atoms with Gasteiger partial charge < -0.3 is 19.7 Å². The average molecular weight is 306 g/mol. The molecule has 1 atom stereocenters. The van der Waals surface area contributed by atoms with Crippen LogP contribution in [0, 0.1) is 6.92 Å². The number of likely N-dealkylation sites (tertiary alicyclic amines) is 1. The van der Waals surface area contributed by atoms with Crippen LogP contribution in [-0.4, -0.2) is 50.6 Å². The van der Waals surface area contributed by atoms with Crippen molar-refractivity contribution in [2.45, 2.75) is 25.8 Å². The summed E-state index contributed by atoms with van der Waals surface area (Å²) in [5, 5.41) is 2.96. The molecule has 0 radical (unpaired) electrons. The van der Waals surface area contributed by atoms with Crippen molar-refractivity contribution in [3.8, 4) is 11.5 Å². The summed E-state index contributed by atoms with van der Waals surface area (Å²) in [4.78, 5) is 25.5. The van der Waals surface area contributed by atoms with E-state index >= 15 is 0 Å². The minimum Gasteiger partial charge on any atom is -0.496 e. The van der Waals surface area contributed by atoms with E-state index in [-0.39, 0.29) is 17.9 Å². The van der Waals surface area contributed by atoms with E-state index in [2.05, 4.69) is 5.32 Å². The van der Waals surface area contributed by atoms with Crippen LogP contribution in [0.4, 0.5) is 0 Å². The zero-order valence-electron chi connectivity index (χ0n) is 13.4. The minimum absolute atomic E-state index is 0.0338. The number of ether oxygens (including phenoxy) is 2. The van der Waals surface area contributed by atoms with Gasteiger partial charge in [0.2, 0.25) is 5.91 Å². The molecule has 2 amide bonds. The zero-order chi connectivity index (χ0) is 16.3. The molecule has 1 aromatic carbocycles. The van der Waals surface area contributed by atoms with Crippen LogP contribution in [0.3, 0.4) is 0 Å². The fourth-order valence-corrected chi connectivity index (χ4v) is 2.62. The van der Waals surface area contributed by atoms with E-state index in [0.29, 0.717) is 36.4 Å². The van der Waals surface area contributed by atoms with E-state index in [4.69, 9.17) is 9.47 Å². The number of benzene rings is 1. The summed E-state index contributed by atoms with van der Waals surface area (Å²) in [6.45, 7) is 2.41. The third-order valence-corrected chi connectivity index (χ3v) is 3.98. The summed E-state index contributed by atoms with van der Waals surface area (Å²) in [5.74, 6) is 1.15. The highest BCUT2D eigenvalue weighted by atomic mass is 16.5. The Balaban J connectivity index is 2.14. The third kappa shape index (κ3) is 3.32. The van der Waals surface area contributed by atoms with Crippen molar-refractivity contribution >= 4 is 11.8 Å². The van der Waals surface area contributed by atoms with Gasteiger partial charge in [0.25, 0.3) is 5.91 Å². The molecule has 1 aliphatic rings. The van der Waals surface area contributed by atoms with Gasteiger partial charge in [0.15, 0.2) is 0 Å². The van der Waals surface area contributed by atoms with Crippen LogP contribution in [0.2, 0.25) is 0 Å². The van der Waals surface area contributed by atoms with Crippen LogP contribution in [0.5, 0.6) is 11.5 Å². The highest BCUT2D eigenvalue weighted by Crippen LogP contribution is 2.29. The molecule has 2 rings (SSSR count). The maximum absolute atomic E-state index is 12.4. The Morgan fingerprint density at radius 2 is 1.86 bits per heavy atom. The molecule has 0 aromatic heterocycles. The van der Waals surface area contributed by atoms with Crippen LogP contribution >= 0.6 is 0 Å². The van der Waals surface area contributed by atoms with E-state index in [1.807, 2.05) is 6.92 Å². The molecule has 6 heteroatoms. The summed E-state index contributed by atoms with van der Waals surface area (Å²) in [5.41, 5.74) is 1.34. The van der Waals surface area contributed by atoms with Crippen molar-refractivity contribution in [1.82, 2.24) is 10.2 Å². The molecule has 0 saturated carbocycles. The SMILES string of the molecule is COc1cc(C(=O)NC2CCC(=O)N(C)C2)cc(OC)c1C. The number of rotatable bonds is 4. The Morgan fingerprint density at radius 3 is 2.36 bits per heavy atom. The quantitative estimate of drug-likeness (QED) is 0.912. The molecule has 22 heavy (non-hydrogen) atoms. The van der Waals surface area contributed by atoms with Gasteiger partial charge in [0, 0.05) is 37.2 Å². The molecule has 1 saturated heterocycles. The van der Waals surface area contributed by atoms with E-state index in [0.717, 1.165) is 5.56 Å². The molecular formula is C16H22N2O4. The standard InChI is InChI=1S/C16H22N2O4/c1-10-13(21-3)7-11(8-14(10)22-4)16(20)17-12-5-6-15(19)18(2)9-12/h7-8,12H,5-6,9H2,1-4H3,(H,17,20). The van der Waals surface area contributed by atoms with Gasteiger partial charge in [-0.3, -0.25) is 9.59 Å². The van der Waals surface area contributed by atoms with Crippen molar-refractivity contribution in [2.24, 2.45) is 0 Å². The summed E-state index contributed by atoms with van der Waals surface area (Å²) >= 11 is 0. The second kappa shape index (κ2) is 6.68. The average Bonchev–Trinajstić information content (AvgIpc) is 2.51. The number of nitrogens with one attached hydrogen (secondary N) is 1. The smallest absolute Gasteiger partial charge is 0.251 e. The number of carbonyl (C=O) groups excluding carboxylic acids is 2. The summed E-state index contributed by atoms with van der Waals surface area (Å²) in [6.07, 6.45) is 1.12. The van der Waals surface area contributed by atoms with Gasteiger partial charge in [0.05, 0.1) is 14.2 Å². The number of hydrogen-bond acceptors (Lipinski definition) is 4. The van der Waals surface area contributed by atoms with Crippen molar-refractivity contribution in [1.29, 1.82) is 0 Å². The Hall–Kier alpha value is -2.24. The van der Waals surface area contributed by atoms with Crippen molar-refractivity contribution < 1.29 is 19.1 Å². The predicted molar refractivity (Wildman–Crippen MR) is 82.4 cm³/mol. The van der Waals surface area contributed by atoms with Crippen LogP contribution in [-0.2, 0) is 4.79 Å². The third-order valence-electron chi connectivity index (χ3n) is 3.98. The molecule has 0 aliphatic carbocycles. The molecule has 6 nitrogen and oxygen atoms in total. The van der Waals surface area contributed by atoms with E-state index < -0.39 is 0 Å². The lowest BCUT2D eigenvalue weighted by Gasteiger charge is -2.30. The second-order valence-corrected chi connectivity index (χ2v) is 5.49. The number of piperidine rings is 1. The van der Waals surface area contributed by atoms with Crippen LogP contribution < -0.4 is 14.8 Å². The molecule has 1 unspecified atom stereocenters. The minimum atomic E-state index is -0.190. The van der Waals surface area contributed by atoms with Gasteiger partial charge in [-0.05, 0) is 25.5 Å². The predicted octanol–water partition coefficient (Wildman–Crippen LogP) is 1.36. The normalized spacial score (nSPS) is 18.1. The van der Waals surface area contributed by atoms with Crippen molar-refractivity contribution in [3.63, 3.8) is 0 Å². The first-order chi connectivity index (χ1) is 10.5. The van der Waals surface area contributed by atoms with Gasteiger partial charge in [-0.15, -0.1) is 0 Å². The Bertz CT molecular complexity index is 561. The highest BCUT2D eigenvalue weighted by molar-refractivity contribution is 5.95. The Morgan fingerprint density at radius 1 is 1.27 bits per heavy atom. The summed E-state index contributed by atoms with van der Waals surface area (Å²) < 4.78 is 10.6. The van der Waals surface area contributed by atoms with Crippen LogP contribution in [0.1, 0.15) is 28.8 Å². The van der Waals surface area contributed by atoms with Gasteiger partial charge in [0.1, 0.15) is 11.5 Å². The molecule has 0 spiro atoms. The fourth-order valence-electron chi connectivity index (χ4n) is 2.62. The lowest BCUT2D eigenvalue weighted by molar-refractivity contribution is -0.132. The molecule has 0 bridgehead atoms. The lowest BCUT2D eigenvalue weighted by atomic mass is 10.0. The number of nitrogens with zero attached hydrogens (tertiary/aromatic N) is 1. The molecule has 1 heterocycles. The first-order valence-corrected chi connectivity index (χ1v) is 7.23. The lowest BCUT2D eigenvalue weighted by Crippen LogP contribution is -2.48. The molecule has 1 N–H and O–H groups in total. The first-order valence-electron chi connectivity index (χ1n) is 7.23. The van der Waals surface area contributed by atoms with E-state index in [1.165, 1.54) is 0 Å². The summed E-state index contributed by atoms with van der Waals surface area (Å²) in [7, 11) is 4.87. The number of likely N-dealkylation sites (N-methyl/N-ethyl adjacent to an activating group) is 1. The number of methoxy groups -OCH3 is 2. The maximum atomic E-state index is 12.4. The molecule has 1 aliphatic heterocycles. The first kappa shape index (κ1) is 16.1. The second-order valence-electron chi connectivity index (χ2n) is 5.49.